The van der Waals surface area contributed by atoms with E-state index in [1.807, 2.05) is 20.8 Å². The topological polar surface area (TPSA) is 53.3 Å². The maximum absolute atomic E-state index is 13.3. The van der Waals surface area contributed by atoms with E-state index in [0.29, 0.717) is 17.6 Å². The van der Waals surface area contributed by atoms with E-state index in [2.05, 4.69) is 22.0 Å². The van der Waals surface area contributed by atoms with E-state index in [1.165, 1.54) is 12.1 Å². The van der Waals surface area contributed by atoms with E-state index in [1.54, 1.807) is 11.0 Å². The van der Waals surface area contributed by atoms with E-state index in [4.69, 9.17) is 4.74 Å². The van der Waals surface area contributed by atoms with E-state index in [9.17, 15) is 14.4 Å². The van der Waals surface area contributed by atoms with Gasteiger partial charge in [0.2, 0.25) is 0 Å². The molecule has 1 aliphatic carbocycles. The Morgan fingerprint density at radius 2 is 2.04 bits per heavy atom. The number of amides is 1. The van der Waals surface area contributed by atoms with Crippen LogP contribution in [-0.4, -0.2) is 29.7 Å². The first-order chi connectivity index (χ1) is 10.7. The van der Waals surface area contributed by atoms with Gasteiger partial charge in [0.05, 0.1) is 11.5 Å². The summed E-state index contributed by atoms with van der Waals surface area (Å²) < 4.78 is 19.3. The van der Waals surface area contributed by atoms with E-state index < -0.39 is 11.0 Å². The van der Waals surface area contributed by atoms with Crippen molar-refractivity contribution in [2.24, 2.45) is 11.8 Å². The maximum Gasteiger partial charge on any atom is 0.410 e. The van der Waals surface area contributed by atoms with E-state index >= 15 is 0 Å². The summed E-state index contributed by atoms with van der Waals surface area (Å²) in [5, 5.41) is 9.72. The predicted molar refractivity (Wildman–Crippen MR) is 86.2 cm³/mol. The largest absolute Gasteiger partial charge is 0.444 e. The summed E-state index contributed by atoms with van der Waals surface area (Å²) in [4.78, 5) is 13.8. The van der Waals surface area contributed by atoms with Crippen LogP contribution in [0.4, 0.5) is 9.18 Å². The lowest BCUT2D eigenvalue weighted by Gasteiger charge is -2.27. The monoisotopic (exact) mass is 380 g/mol. The summed E-state index contributed by atoms with van der Waals surface area (Å²) in [6, 6.07) is 6.83. The van der Waals surface area contributed by atoms with Gasteiger partial charge in [-0.3, -0.25) is 0 Å². The minimum Gasteiger partial charge on any atom is -0.444 e. The summed E-state index contributed by atoms with van der Waals surface area (Å²) in [7, 11) is 0. The molecule has 1 unspecified atom stereocenters. The number of nitrogens with zero attached hydrogens (tertiary/aromatic N) is 2. The molecular formula is C17H18BrFN2O2. The average molecular weight is 381 g/mol. The van der Waals surface area contributed by atoms with Crippen LogP contribution in [-0.2, 0) is 10.2 Å². The predicted octanol–water partition coefficient (Wildman–Crippen LogP) is 3.85. The molecule has 3 rings (SSSR count). The third-order valence-electron chi connectivity index (χ3n) is 4.59. The zero-order valence-electron chi connectivity index (χ0n) is 13.3. The van der Waals surface area contributed by atoms with Crippen molar-refractivity contribution in [1.82, 2.24) is 4.90 Å². The Hall–Kier alpha value is -1.61. The molecule has 0 spiro atoms. The molecule has 1 amide bonds. The van der Waals surface area contributed by atoms with Crippen LogP contribution in [0.2, 0.25) is 0 Å². The van der Waals surface area contributed by atoms with Crippen molar-refractivity contribution < 1.29 is 13.9 Å². The second-order valence-corrected chi connectivity index (χ2v) is 8.06. The highest BCUT2D eigenvalue weighted by Crippen LogP contribution is 2.64. The first-order valence-corrected chi connectivity index (χ1v) is 8.33. The van der Waals surface area contributed by atoms with Crippen molar-refractivity contribution in [2.45, 2.75) is 31.8 Å². The molecule has 0 radical (unpaired) electrons. The summed E-state index contributed by atoms with van der Waals surface area (Å²) in [6.45, 7) is 6.48. The number of likely N-dealkylation sites (tertiary alicyclic amines) is 1. The van der Waals surface area contributed by atoms with Crippen LogP contribution in [0, 0.1) is 29.0 Å². The molecule has 122 valence electrons. The third kappa shape index (κ3) is 2.61. The number of nitriles is 1. The minimum atomic E-state index is -0.634. The number of carbonyl (C=O) groups is 1. The molecule has 0 aromatic heterocycles. The molecule has 3 atom stereocenters. The number of ether oxygens (including phenoxy) is 1. The lowest BCUT2D eigenvalue weighted by atomic mass is 9.91. The Morgan fingerprint density at radius 1 is 1.43 bits per heavy atom. The highest BCUT2D eigenvalue weighted by molar-refractivity contribution is 9.10. The van der Waals surface area contributed by atoms with Gasteiger partial charge in [-0.15, -0.1) is 0 Å². The van der Waals surface area contributed by atoms with Gasteiger partial charge >= 0.3 is 6.09 Å². The number of hydrogen-bond donors (Lipinski definition) is 0. The van der Waals surface area contributed by atoms with Crippen molar-refractivity contribution in [1.29, 1.82) is 5.26 Å². The van der Waals surface area contributed by atoms with Crippen molar-refractivity contribution in [3.05, 3.63) is 34.1 Å². The fourth-order valence-corrected chi connectivity index (χ4v) is 4.24. The molecule has 6 heteroatoms. The van der Waals surface area contributed by atoms with Gasteiger partial charge in [0.1, 0.15) is 11.4 Å². The fourth-order valence-electron chi connectivity index (χ4n) is 3.56. The Bertz CT molecular complexity index is 696. The second kappa shape index (κ2) is 5.20. The van der Waals surface area contributed by atoms with Crippen LogP contribution < -0.4 is 0 Å². The molecule has 1 saturated heterocycles. The lowest BCUT2D eigenvalue weighted by molar-refractivity contribution is 0.0266. The first kappa shape index (κ1) is 16.3. The zero-order valence-corrected chi connectivity index (χ0v) is 14.9. The normalized spacial score (nSPS) is 29.0. The third-order valence-corrected chi connectivity index (χ3v) is 5.25. The number of piperidine rings is 1. The van der Waals surface area contributed by atoms with Gasteiger partial charge in [0.25, 0.3) is 0 Å². The fraction of sp³-hybridized carbons (Fsp3) is 0.529. The van der Waals surface area contributed by atoms with Gasteiger partial charge in [-0.25, -0.2) is 9.18 Å². The second-order valence-electron chi connectivity index (χ2n) is 7.20. The molecule has 1 saturated carbocycles. The maximum atomic E-state index is 13.3. The Kier molecular flexibility index (Phi) is 3.68. The van der Waals surface area contributed by atoms with Crippen molar-refractivity contribution >= 4 is 22.0 Å². The molecule has 0 bridgehead atoms. The SMILES string of the molecule is CC(C)(C)OC(=O)N1CC2[C@H](C1)[C@@]2(C#N)c1ccc(F)cc1Br. The van der Waals surface area contributed by atoms with Crippen molar-refractivity contribution in [2.75, 3.05) is 13.1 Å². The van der Waals surface area contributed by atoms with Crippen molar-refractivity contribution in [3.8, 4) is 6.07 Å². The highest BCUT2D eigenvalue weighted by Gasteiger charge is 2.71. The molecule has 1 heterocycles. The summed E-state index contributed by atoms with van der Waals surface area (Å²) in [5.74, 6) is -0.196. The smallest absolute Gasteiger partial charge is 0.410 e. The minimum absolute atomic E-state index is 0.0711. The first-order valence-electron chi connectivity index (χ1n) is 7.54. The lowest BCUT2D eigenvalue weighted by Crippen LogP contribution is -2.39. The van der Waals surface area contributed by atoms with Crippen LogP contribution in [0.1, 0.15) is 26.3 Å². The van der Waals surface area contributed by atoms with E-state index in [-0.39, 0.29) is 23.7 Å². The molecule has 1 aromatic carbocycles. The Balaban J connectivity index is 1.77. The number of rotatable bonds is 1. The molecule has 0 N–H and O–H groups in total. The van der Waals surface area contributed by atoms with Crippen molar-refractivity contribution in [3.63, 3.8) is 0 Å². The van der Waals surface area contributed by atoms with Gasteiger partial charge in [0.15, 0.2) is 0 Å². The van der Waals surface area contributed by atoms with Crippen LogP contribution in [0.3, 0.4) is 0 Å². The molecule has 1 aromatic rings. The van der Waals surface area contributed by atoms with Crippen LogP contribution in [0.25, 0.3) is 0 Å². The van der Waals surface area contributed by atoms with Gasteiger partial charge in [-0.2, -0.15) is 5.26 Å². The molecule has 1 aliphatic heterocycles. The van der Waals surface area contributed by atoms with Crippen LogP contribution in [0.5, 0.6) is 0 Å². The summed E-state index contributed by atoms with van der Waals surface area (Å²) in [5.41, 5.74) is -0.360. The van der Waals surface area contributed by atoms with Gasteiger partial charge in [-0.1, -0.05) is 22.0 Å². The van der Waals surface area contributed by atoms with Gasteiger partial charge in [0, 0.05) is 29.4 Å². The molecule has 2 aliphatic rings. The zero-order chi connectivity index (χ0) is 17.0. The Morgan fingerprint density at radius 3 is 2.52 bits per heavy atom. The standard InChI is InChI=1S/C17H18BrFN2O2/c1-16(2,3)23-15(22)21-7-12-13(8-21)17(12,9-20)11-5-4-10(19)6-14(11)18/h4-6,12-13H,7-8H2,1-3H3/t12-,13?,17+/m0/s1. The van der Waals surface area contributed by atoms with Gasteiger partial charge < -0.3 is 9.64 Å². The highest BCUT2D eigenvalue weighted by atomic mass is 79.9. The molecule has 2 fully saturated rings. The van der Waals surface area contributed by atoms with Crippen LogP contribution in [0.15, 0.2) is 22.7 Å². The number of benzene rings is 1. The number of halogens is 2. The number of carbonyl (C=O) groups excluding carboxylic acids is 1. The molecular weight excluding hydrogens is 363 g/mol. The van der Waals surface area contributed by atoms with Gasteiger partial charge in [-0.05, 0) is 38.5 Å². The molecule has 23 heavy (non-hydrogen) atoms. The quantitative estimate of drug-likeness (QED) is 0.743. The number of hydrogen-bond acceptors (Lipinski definition) is 3. The number of fused-ring (bicyclic) bond motifs is 1. The van der Waals surface area contributed by atoms with E-state index in [0.717, 1.165) is 5.56 Å². The average Bonchev–Trinajstić information content (AvgIpc) is 2.81. The molecule has 4 nitrogen and oxygen atoms in total. The summed E-state index contributed by atoms with van der Waals surface area (Å²) >= 11 is 3.36. The van der Waals surface area contributed by atoms with Crippen LogP contribution >= 0.6 is 15.9 Å². The summed E-state index contributed by atoms with van der Waals surface area (Å²) in [6.07, 6.45) is -0.338. The Labute approximate surface area is 143 Å².